The summed E-state index contributed by atoms with van der Waals surface area (Å²) in [5.74, 6) is -0.294. The quantitative estimate of drug-likeness (QED) is 0.306. The average molecular weight is 540 g/mol. The van der Waals surface area contributed by atoms with Crippen molar-refractivity contribution in [3.8, 4) is 0 Å². The number of anilines is 1. The second-order valence-corrected chi connectivity index (χ2v) is 12.4. The van der Waals surface area contributed by atoms with Crippen LogP contribution < -0.4 is 4.90 Å². The normalized spacial score (nSPS) is 15.3. The first-order valence-corrected chi connectivity index (χ1v) is 14.4. The Kier molecular flexibility index (Phi) is 7.12. The van der Waals surface area contributed by atoms with E-state index in [4.69, 9.17) is 16.6 Å². The number of hydrogen-bond acceptors (Lipinski definition) is 5. The molecule has 4 aromatic rings. The fraction of sp³-hybridized carbons (Fsp3) is 0.259. The maximum absolute atomic E-state index is 13.8. The van der Waals surface area contributed by atoms with Crippen LogP contribution in [0.4, 0.5) is 5.13 Å². The first kappa shape index (κ1) is 24.9. The van der Waals surface area contributed by atoms with Gasteiger partial charge in [0.25, 0.3) is 0 Å². The highest BCUT2D eigenvalue weighted by Crippen LogP contribution is 2.33. The number of rotatable bonds is 6. The molecule has 5 rings (SSSR count). The summed E-state index contributed by atoms with van der Waals surface area (Å²) < 4.78 is 28.7. The molecule has 1 aromatic heterocycles. The zero-order valence-corrected chi connectivity index (χ0v) is 22.2. The Morgan fingerprint density at radius 2 is 1.75 bits per heavy atom. The molecule has 0 aliphatic carbocycles. The topological polar surface area (TPSA) is 70.6 Å². The maximum atomic E-state index is 13.8. The molecule has 1 aliphatic rings. The molecular weight excluding hydrogens is 514 g/mol. The Balaban J connectivity index is 1.37. The molecular formula is C27H26ClN3O3S2. The molecule has 0 unspecified atom stereocenters. The van der Waals surface area contributed by atoms with Gasteiger partial charge in [0.1, 0.15) is 0 Å². The van der Waals surface area contributed by atoms with Crippen molar-refractivity contribution in [1.82, 2.24) is 9.29 Å². The summed E-state index contributed by atoms with van der Waals surface area (Å²) in [6, 6.07) is 22.1. The molecule has 0 radical (unpaired) electrons. The van der Waals surface area contributed by atoms with Crippen molar-refractivity contribution >= 4 is 54.2 Å². The number of piperidine rings is 1. The SMILES string of the molecule is Cc1ccc2nc(N(Cc3ccccc3)C(=O)C3CCN(S(=O)(=O)c4ccc(Cl)cc4)CC3)sc2c1. The number of aromatic nitrogens is 1. The standard InChI is InChI=1S/C27H26ClN3O3S2/c1-19-7-12-24-25(17-19)35-27(29-24)31(18-20-5-3-2-4-6-20)26(32)21-13-15-30(16-14-21)36(33,34)23-10-8-22(28)9-11-23/h2-12,17,21H,13-16,18H2,1H3. The minimum atomic E-state index is -3.63. The van der Waals surface area contributed by atoms with Crippen molar-refractivity contribution in [2.24, 2.45) is 5.92 Å². The summed E-state index contributed by atoms with van der Waals surface area (Å²) in [7, 11) is -3.63. The van der Waals surface area contributed by atoms with E-state index in [2.05, 4.69) is 6.07 Å². The van der Waals surface area contributed by atoms with Gasteiger partial charge in [0.05, 0.1) is 21.7 Å². The molecule has 36 heavy (non-hydrogen) atoms. The third-order valence-corrected chi connectivity index (χ3v) is 9.67. The van der Waals surface area contributed by atoms with Gasteiger partial charge in [0.15, 0.2) is 5.13 Å². The number of thiazole rings is 1. The summed E-state index contributed by atoms with van der Waals surface area (Å²) in [5.41, 5.74) is 3.03. The predicted octanol–water partition coefficient (Wildman–Crippen LogP) is 5.89. The van der Waals surface area contributed by atoms with Crippen molar-refractivity contribution < 1.29 is 13.2 Å². The van der Waals surface area contributed by atoms with E-state index in [1.807, 2.05) is 49.4 Å². The summed E-state index contributed by atoms with van der Waals surface area (Å²) in [6.07, 6.45) is 0.919. The lowest BCUT2D eigenvalue weighted by Gasteiger charge is -2.33. The number of nitrogens with zero attached hydrogens (tertiary/aromatic N) is 3. The molecule has 9 heteroatoms. The summed E-state index contributed by atoms with van der Waals surface area (Å²) >= 11 is 7.43. The third kappa shape index (κ3) is 5.18. The Hall–Kier alpha value is -2.78. The molecule has 0 saturated carbocycles. The molecule has 0 atom stereocenters. The van der Waals surface area contributed by atoms with Crippen LogP contribution >= 0.6 is 22.9 Å². The van der Waals surface area contributed by atoms with E-state index in [1.165, 1.54) is 27.8 Å². The lowest BCUT2D eigenvalue weighted by molar-refractivity contribution is -0.123. The van der Waals surface area contributed by atoms with Gasteiger partial charge < -0.3 is 0 Å². The van der Waals surface area contributed by atoms with Crippen LogP contribution in [0.1, 0.15) is 24.0 Å². The molecule has 1 amide bonds. The largest absolute Gasteiger partial charge is 0.283 e. The van der Waals surface area contributed by atoms with E-state index in [0.29, 0.717) is 42.6 Å². The van der Waals surface area contributed by atoms with Gasteiger partial charge in [-0.25, -0.2) is 13.4 Å². The number of halogens is 1. The Labute approximate surface area is 220 Å². The zero-order valence-electron chi connectivity index (χ0n) is 19.8. The second kappa shape index (κ2) is 10.3. The molecule has 6 nitrogen and oxygen atoms in total. The number of hydrogen-bond donors (Lipinski definition) is 0. The van der Waals surface area contributed by atoms with Crippen LogP contribution in [-0.4, -0.2) is 36.7 Å². The first-order chi connectivity index (χ1) is 17.3. The molecule has 2 heterocycles. The van der Waals surface area contributed by atoms with Crippen LogP contribution in [0.15, 0.2) is 77.7 Å². The second-order valence-electron chi connectivity index (χ2n) is 9.01. The van der Waals surface area contributed by atoms with Gasteiger partial charge in [-0.05, 0) is 67.3 Å². The highest BCUT2D eigenvalue weighted by atomic mass is 35.5. The maximum Gasteiger partial charge on any atom is 0.243 e. The summed E-state index contributed by atoms with van der Waals surface area (Å²) in [5, 5.41) is 1.16. The van der Waals surface area contributed by atoms with Gasteiger partial charge in [0.2, 0.25) is 15.9 Å². The molecule has 1 saturated heterocycles. The lowest BCUT2D eigenvalue weighted by Crippen LogP contribution is -2.44. The minimum absolute atomic E-state index is 0.0156. The van der Waals surface area contributed by atoms with Gasteiger partial charge in [0, 0.05) is 24.0 Å². The van der Waals surface area contributed by atoms with Gasteiger partial charge in [-0.1, -0.05) is 59.3 Å². The minimum Gasteiger partial charge on any atom is -0.283 e. The van der Waals surface area contributed by atoms with Gasteiger partial charge in [-0.3, -0.25) is 9.69 Å². The molecule has 3 aromatic carbocycles. The van der Waals surface area contributed by atoms with Gasteiger partial charge in [-0.15, -0.1) is 0 Å². The van der Waals surface area contributed by atoms with Crippen LogP contribution in [0.5, 0.6) is 0 Å². The van der Waals surface area contributed by atoms with Crippen molar-refractivity contribution in [2.75, 3.05) is 18.0 Å². The Morgan fingerprint density at radius 1 is 1.06 bits per heavy atom. The molecule has 1 fully saturated rings. The number of carbonyl (C=O) groups excluding carboxylic acids is 1. The van der Waals surface area contributed by atoms with Gasteiger partial charge >= 0.3 is 0 Å². The van der Waals surface area contributed by atoms with Crippen molar-refractivity contribution in [3.05, 3.63) is 88.9 Å². The number of aryl methyl sites for hydroxylation is 1. The first-order valence-electron chi connectivity index (χ1n) is 11.8. The van der Waals surface area contributed by atoms with Crippen LogP contribution in [0.25, 0.3) is 10.2 Å². The molecule has 0 spiro atoms. The molecule has 186 valence electrons. The number of carbonyl (C=O) groups is 1. The lowest BCUT2D eigenvalue weighted by atomic mass is 9.96. The van der Waals surface area contributed by atoms with E-state index < -0.39 is 10.0 Å². The van der Waals surface area contributed by atoms with E-state index in [1.54, 1.807) is 17.0 Å². The van der Waals surface area contributed by atoms with E-state index in [-0.39, 0.29) is 16.7 Å². The Morgan fingerprint density at radius 3 is 2.44 bits per heavy atom. The zero-order chi connectivity index (χ0) is 25.3. The van der Waals surface area contributed by atoms with Crippen molar-refractivity contribution in [1.29, 1.82) is 0 Å². The fourth-order valence-electron chi connectivity index (χ4n) is 4.46. The number of sulfonamides is 1. The predicted molar refractivity (Wildman–Crippen MR) is 145 cm³/mol. The van der Waals surface area contributed by atoms with E-state index in [9.17, 15) is 13.2 Å². The van der Waals surface area contributed by atoms with Crippen LogP contribution in [0, 0.1) is 12.8 Å². The fourth-order valence-corrected chi connectivity index (χ4v) is 7.12. The highest BCUT2D eigenvalue weighted by Gasteiger charge is 2.35. The highest BCUT2D eigenvalue weighted by molar-refractivity contribution is 7.89. The molecule has 1 aliphatic heterocycles. The average Bonchev–Trinajstić information content (AvgIpc) is 3.31. The van der Waals surface area contributed by atoms with Gasteiger partial charge in [-0.2, -0.15) is 4.31 Å². The smallest absolute Gasteiger partial charge is 0.243 e. The number of benzene rings is 3. The van der Waals surface area contributed by atoms with Crippen LogP contribution in [0.2, 0.25) is 5.02 Å². The Bertz CT molecular complexity index is 1480. The molecule has 0 N–H and O–H groups in total. The molecule has 0 bridgehead atoms. The third-order valence-electron chi connectivity index (χ3n) is 6.47. The van der Waals surface area contributed by atoms with E-state index >= 15 is 0 Å². The van der Waals surface area contributed by atoms with Crippen molar-refractivity contribution in [2.45, 2.75) is 31.2 Å². The summed E-state index contributed by atoms with van der Waals surface area (Å²) in [6.45, 7) is 3.04. The van der Waals surface area contributed by atoms with Crippen LogP contribution in [-0.2, 0) is 21.4 Å². The monoisotopic (exact) mass is 539 g/mol. The van der Waals surface area contributed by atoms with E-state index in [0.717, 1.165) is 21.3 Å². The van der Waals surface area contributed by atoms with Crippen LogP contribution in [0.3, 0.4) is 0 Å². The summed E-state index contributed by atoms with van der Waals surface area (Å²) in [4.78, 5) is 20.6. The number of amides is 1. The van der Waals surface area contributed by atoms with Crippen molar-refractivity contribution in [3.63, 3.8) is 0 Å². The number of fused-ring (bicyclic) bond motifs is 1.